The summed E-state index contributed by atoms with van der Waals surface area (Å²) in [6, 6.07) is 57.4. The Morgan fingerprint density at radius 2 is 0.489 bits per heavy atom. The fourth-order valence-electron chi connectivity index (χ4n) is 14.3. The quantitative estimate of drug-likeness (QED) is 0.0189. The molecule has 10 heteroatoms. The van der Waals surface area contributed by atoms with Gasteiger partial charge in [-0.15, -0.1) is 0 Å². The van der Waals surface area contributed by atoms with Crippen LogP contribution < -0.4 is 28.7 Å². The monoisotopic (exact) mass is 1250 g/mol. The third-order valence-electron chi connectivity index (χ3n) is 18.8. The summed E-state index contributed by atoms with van der Waals surface area (Å²) in [5.74, 6) is 1.13. The van der Waals surface area contributed by atoms with Crippen molar-refractivity contribution in [3.63, 3.8) is 0 Å². The molecule has 0 spiro atoms. The number of rotatable bonds is 30. The maximum atomic E-state index is 16.5. The maximum Gasteiger partial charge on any atom is 0.266 e. The van der Waals surface area contributed by atoms with E-state index in [1.807, 2.05) is 121 Å². The van der Waals surface area contributed by atoms with Gasteiger partial charge in [-0.1, -0.05) is 214 Å². The van der Waals surface area contributed by atoms with Gasteiger partial charge < -0.3 is 18.9 Å². The van der Waals surface area contributed by atoms with Gasteiger partial charge in [0, 0.05) is 43.1 Å². The topological polar surface area (TPSA) is 112 Å². The maximum absolute atomic E-state index is 16.5. The first-order valence-corrected chi connectivity index (χ1v) is 34.5. The van der Waals surface area contributed by atoms with Crippen LogP contribution in [0.3, 0.4) is 0 Å². The second-order valence-corrected chi connectivity index (χ2v) is 25.3. The molecule has 0 saturated heterocycles. The molecule has 11 aromatic rings. The molecule has 0 N–H and O–H groups in total. The van der Waals surface area contributed by atoms with Crippen LogP contribution in [0.5, 0.6) is 46.0 Å². The van der Waals surface area contributed by atoms with Crippen LogP contribution in [0.15, 0.2) is 182 Å². The molecular weight excluding hydrogens is 1160 g/mol. The van der Waals surface area contributed by atoms with Crippen LogP contribution in [0.25, 0.3) is 43.1 Å². The highest BCUT2D eigenvalue weighted by Gasteiger charge is 2.44. The number of benzene rings is 11. The van der Waals surface area contributed by atoms with E-state index in [9.17, 15) is 0 Å². The highest BCUT2D eigenvalue weighted by atomic mass is 16.5. The SMILES string of the molecule is CCCCCCc1cccc(CCCCCC)c1N1C(=O)c2cc(Oc3ccccc3)c3c4c(Oc5ccccc5)cc5c6c(cc(Oc7ccccc7)c(c7c(Oc8ccccc8)cc(c2c37)C1=O)c64)C(=O)N(c1c(CCCCCC)cccc1CCCCCC)C5=O. The van der Waals surface area contributed by atoms with E-state index in [4.69, 9.17) is 18.9 Å². The molecule has 2 heterocycles. The first-order chi connectivity index (χ1) is 46.2. The average Bonchev–Trinajstić information content (AvgIpc) is 0.672. The Labute approximate surface area is 551 Å². The van der Waals surface area contributed by atoms with E-state index in [-0.39, 0.29) is 45.3 Å². The molecule has 11 aromatic carbocycles. The molecule has 0 atom stereocenters. The Balaban J connectivity index is 1.17. The van der Waals surface area contributed by atoms with E-state index in [0.717, 1.165) is 125 Å². The van der Waals surface area contributed by atoms with E-state index >= 15 is 19.2 Å². The lowest BCUT2D eigenvalue weighted by Crippen LogP contribution is -2.42. The van der Waals surface area contributed by atoms with Crippen LogP contribution in [-0.4, -0.2) is 23.6 Å². The minimum Gasteiger partial charge on any atom is -0.457 e. The predicted molar refractivity (Wildman–Crippen MR) is 380 cm³/mol. The number of fused-ring (bicyclic) bond motifs is 2. The van der Waals surface area contributed by atoms with Crippen molar-refractivity contribution in [2.24, 2.45) is 0 Å². The number of ether oxygens (including phenoxy) is 4. The number of carbonyl (C=O) groups excluding carboxylic acids is 4. The zero-order chi connectivity index (χ0) is 64.7. The van der Waals surface area contributed by atoms with Gasteiger partial charge in [0.15, 0.2) is 0 Å². The first kappa shape index (κ1) is 63.0. The molecule has 0 aromatic heterocycles. The molecule has 0 aliphatic carbocycles. The lowest BCUT2D eigenvalue weighted by molar-refractivity contribution is 0.0877. The number of anilines is 2. The van der Waals surface area contributed by atoms with Crippen molar-refractivity contribution in [2.45, 2.75) is 156 Å². The summed E-state index contributed by atoms with van der Waals surface area (Å²) in [5.41, 5.74) is 6.08. The third kappa shape index (κ3) is 12.3. The lowest BCUT2D eigenvalue weighted by Gasteiger charge is -2.34. The van der Waals surface area contributed by atoms with Crippen molar-refractivity contribution in [2.75, 3.05) is 9.80 Å². The standard InChI is InChI=1S/C84H82N2O8/c1-5-9-13-21-35-55-39-33-40-56(36-22-14-10-6-2)79(55)85-81(87)63-51-67(91-59-43-25-17-26-44-59)73-75-69(93-61-47-29-19-30-48-61)53-65-72-66(84(90)86(83(65)89)80-57(37-23-15-11-7-3)41-34-42-58(80)38-24-16-12-8-4)54-70(94-62-49-31-20-32-50-62)76(78(72)75)74-68(92-60-45-27-18-28-46-60)52-64(82(85)88)71(63)77(73)74/h17-20,25-34,39-54H,5-16,21-24,35-38H2,1-4H3. The van der Waals surface area contributed by atoms with Crippen LogP contribution in [-0.2, 0) is 25.7 Å². The molecule has 0 radical (unpaired) electrons. The Morgan fingerprint density at radius 3 is 0.713 bits per heavy atom. The van der Waals surface area contributed by atoms with E-state index in [2.05, 4.69) is 64.1 Å². The molecule has 94 heavy (non-hydrogen) atoms. The second kappa shape index (κ2) is 28.6. The van der Waals surface area contributed by atoms with Gasteiger partial charge in [0.05, 0.1) is 33.6 Å². The number of para-hydroxylation sites is 6. The van der Waals surface area contributed by atoms with Crippen molar-refractivity contribution in [3.05, 3.63) is 226 Å². The van der Waals surface area contributed by atoms with Gasteiger partial charge in [0.2, 0.25) is 0 Å². The van der Waals surface area contributed by atoms with Gasteiger partial charge >= 0.3 is 0 Å². The number of hydrogen-bond acceptors (Lipinski definition) is 8. The molecule has 0 bridgehead atoms. The van der Waals surface area contributed by atoms with Gasteiger partial charge in [-0.2, -0.15) is 0 Å². The fourth-order valence-corrected chi connectivity index (χ4v) is 14.3. The first-order valence-electron chi connectivity index (χ1n) is 34.5. The Morgan fingerprint density at radius 1 is 0.255 bits per heavy atom. The van der Waals surface area contributed by atoms with Crippen molar-refractivity contribution < 1.29 is 38.1 Å². The molecule has 2 aliphatic rings. The zero-order valence-electron chi connectivity index (χ0n) is 54.6. The van der Waals surface area contributed by atoms with Gasteiger partial charge in [-0.25, -0.2) is 9.80 Å². The molecular formula is C84H82N2O8. The fraction of sp³-hybridized carbons (Fsp3) is 0.286. The average molecular weight is 1250 g/mol. The Kier molecular flexibility index (Phi) is 19.2. The molecule has 10 nitrogen and oxygen atoms in total. The summed E-state index contributed by atoms with van der Waals surface area (Å²) in [5, 5.41) is 3.65. The van der Waals surface area contributed by atoms with Crippen molar-refractivity contribution in [1.29, 1.82) is 0 Å². The Bertz CT molecular complexity index is 4020. The molecule has 4 amide bonds. The minimum absolute atomic E-state index is 0.259. The molecule has 0 unspecified atom stereocenters. The summed E-state index contributed by atoms with van der Waals surface area (Å²) in [7, 11) is 0. The largest absolute Gasteiger partial charge is 0.457 e. The molecule has 2 aliphatic heterocycles. The van der Waals surface area contributed by atoms with E-state index < -0.39 is 23.6 Å². The number of imide groups is 2. The van der Waals surface area contributed by atoms with Gasteiger partial charge in [0.25, 0.3) is 23.6 Å². The summed E-state index contributed by atoms with van der Waals surface area (Å²) in [6.45, 7) is 8.79. The summed E-state index contributed by atoms with van der Waals surface area (Å²) in [6.07, 6.45) is 19.0. The van der Waals surface area contributed by atoms with Crippen LogP contribution in [0, 0.1) is 0 Å². The molecule has 13 rings (SSSR count). The molecule has 476 valence electrons. The van der Waals surface area contributed by atoms with Crippen molar-refractivity contribution in [3.8, 4) is 46.0 Å². The Hall–Kier alpha value is -9.80. The summed E-state index contributed by atoms with van der Waals surface area (Å²) >= 11 is 0. The van der Waals surface area contributed by atoms with E-state index in [1.54, 1.807) is 24.3 Å². The third-order valence-corrected chi connectivity index (χ3v) is 18.8. The number of unbranched alkanes of at least 4 members (excludes halogenated alkanes) is 12. The van der Waals surface area contributed by atoms with E-state index in [0.29, 0.717) is 103 Å². The summed E-state index contributed by atoms with van der Waals surface area (Å²) < 4.78 is 29.1. The number of carbonyl (C=O) groups is 4. The van der Waals surface area contributed by atoms with Crippen molar-refractivity contribution >= 4 is 78.1 Å². The summed E-state index contributed by atoms with van der Waals surface area (Å²) in [4.78, 5) is 68.9. The van der Waals surface area contributed by atoms with Crippen molar-refractivity contribution in [1.82, 2.24) is 0 Å². The second-order valence-electron chi connectivity index (χ2n) is 25.3. The van der Waals surface area contributed by atoms with Crippen LogP contribution >= 0.6 is 0 Å². The zero-order valence-corrected chi connectivity index (χ0v) is 54.6. The van der Waals surface area contributed by atoms with Gasteiger partial charge in [-0.3, -0.25) is 19.2 Å². The normalized spacial score (nSPS) is 12.9. The number of hydrogen-bond donors (Lipinski definition) is 0. The predicted octanol–water partition coefficient (Wildman–Crippen LogP) is 23.0. The highest BCUT2D eigenvalue weighted by Crippen LogP contribution is 2.58. The van der Waals surface area contributed by atoms with Crippen LogP contribution in [0.1, 0.15) is 194 Å². The van der Waals surface area contributed by atoms with Gasteiger partial charge in [-0.05, 0) is 146 Å². The molecule has 0 fully saturated rings. The number of nitrogens with zero attached hydrogens (tertiary/aromatic N) is 2. The van der Waals surface area contributed by atoms with E-state index in [1.165, 1.54) is 9.80 Å². The van der Waals surface area contributed by atoms with Crippen LogP contribution in [0.4, 0.5) is 11.4 Å². The lowest BCUT2D eigenvalue weighted by atomic mass is 9.80. The number of amides is 4. The van der Waals surface area contributed by atoms with Crippen LogP contribution in [0.2, 0.25) is 0 Å². The smallest absolute Gasteiger partial charge is 0.266 e. The molecule has 0 saturated carbocycles. The number of aryl methyl sites for hydroxylation is 4. The van der Waals surface area contributed by atoms with Gasteiger partial charge in [0.1, 0.15) is 46.0 Å². The minimum atomic E-state index is -0.482. The highest BCUT2D eigenvalue weighted by molar-refractivity contribution is 6.48.